The third kappa shape index (κ3) is 2.96. The first-order chi connectivity index (χ1) is 12.6. The third-order valence-electron chi connectivity index (χ3n) is 5.12. The Labute approximate surface area is 155 Å². The molecular formula is C19H19FN4OS. The second-order valence-corrected chi connectivity index (χ2v) is 7.68. The molecule has 4 rings (SSSR count). The van der Waals surface area contributed by atoms with E-state index in [4.69, 9.17) is 5.73 Å². The number of nitrogens with zero attached hydrogens (tertiary/aromatic N) is 2. The summed E-state index contributed by atoms with van der Waals surface area (Å²) in [5, 5.41) is 3.30. The summed E-state index contributed by atoms with van der Waals surface area (Å²) in [7, 11) is 0. The third-order valence-corrected chi connectivity index (χ3v) is 6.07. The van der Waals surface area contributed by atoms with Gasteiger partial charge >= 0.3 is 0 Å². The topological polar surface area (TPSA) is 80.4 Å². The minimum Gasteiger partial charge on any atom is -0.379 e. The molecule has 1 aromatic heterocycles. The summed E-state index contributed by atoms with van der Waals surface area (Å²) < 4.78 is 14.7. The highest BCUT2D eigenvalue weighted by Crippen LogP contribution is 2.51. The van der Waals surface area contributed by atoms with Crippen LogP contribution < -0.4 is 11.1 Å². The van der Waals surface area contributed by atoms with Crippen molar-refractivity contribution in [2.75, 3.05) is 11.1 Å². The van der Waals surface area contributed by atoms with Crippen molar-refractivity contribution in [2.45, 2.75) is 24.8 Å². The summed E-state index contributed by atoms with van der Waals surface area (Å²) >= 11 is 1.53. The van der Waals surface area contributed by atoms with Gasteiger partial charge in [-0.25, -0.2) is 4.39 Å². The number of nitrogens with two attached hydrogens (primary N) is 1. The first-order valence-corrected chi connectivity index (χ1v) is 9.57. The van der Waals surface area contributed by atoms with Crippen LogP contribution in [0.25, 0.3) is 0 Å². The van der Waals surface area contributed by atoms with Crippen LogP contribution in [-0.4, -0.2) is 21.8 Å². The number of thioether (sulfide) groups is 1. The summed E-state index contributed by atoms with van der Waals surface area (Å²) in [6.45, 7) is 0. The Morgan fingerprint density at radius 1 is 1.35 bits per heavy atom. The van der Waals surface area contributed by atoms with Crippen LogP contribution in [0.1, 0.15) is 35.3 Å². The Balaban J connectivity index is 1.69. The molecule has 1 aliphatic carbocycles. The number of amidine groups is 1. The zero-order valence-corrected chi connectivity index (χ0v) is 14.9. The number of fused-ring (bicyclic) bond motifs is 1. The molecule has 5 nitrogen and oxygen atoms in total. The Hall–Kier alpha value is -2.41. The molecule has 0 radical (unpaired) electrons. The first kappa shape index (κ1) is 17.0. The Kier molecular flexibility index (Phi) is 4.40. The highest BCUT2D eigenvalue weighted by molar-refractivity contribution is 8.13. The summed E-state index contributed by atoms with van der Waals surface area (Å²) in [6, 6.07) is 9.77. The molecule has 26 heavy (non-hydrogen) atoms. The average molecular weight is 370 g/mol. The van der Waals surface area contributed by atoms with E-state index >= 15 is 0 Å². The van der Waals surface area contributed by atoms with E-state index < -0.39 is 5.54 Å². The van der Waals surface area contributed by atoms with Crippen LogP contribution in [0.3, 0.4) is 0 Å². The van der Waals surface area contributed by atoms with Crippen LogP contribution in [0, 0.1) is 11.7 Å². The zero-order valence-electron chi connectivity index (χ0n) is 14.1. The van der Waals surface area contributed by atoms with Crippen molar-refractivity contribution in [1.82, 2.24) is 4.98 Å². The number of nitrogens with one attached hydrogen (secondary N) is 1. The molecular weight excluding hydrogens is 351 g/mol. The molecule has 2 aromatic rings. The van der Waals surface area contributed by atoms with Gasteiger partial charge < -0.3 is 11.1 Å². The molecule has 1 fully saturated rings. The van der Waals surface area contributed by atoms with Gasteiger partial charge in [0.1, 0.15) is 11.5 Å². The molecule has 0 saturated heterocycles. The summed E-state index contributed by atoms with van der Waals surface area (Å²) in [5.74, 6) is 0.470. The van der Waals surface area contributed by atoms with Gasteiger partial charge in [0.25, 0.3) is 5.91 Å². The number of rotatable bonds is 3. The van der Waals surface area contributed by atoms with Crippen molar-refractivity contribution in [3.05, 3.63) is 59.7 Å². The number of halogens is 1. The Bertz CT molecular complexity index is 873. The summed E-state index contributed by atoms with van der Waals surface area (Å²) in [6.07, 6.45) is 4.33. The molecule has 1 amide bonds. The number of carbonyl (C=O) groups excluding carboxylic acids is 1. The van der Waals surface area contributed by atoms with Crippen molar-refractivity contribution >= 4 is 28.5 Å². The molecule has 1 saturated carbocycles. The van der Waals surface area contributed by atoms with E-state index in [2.05, 4.69) is 15.3 Å². The van der Waals surface area contributed by atoms with Crippen molar-refractivity contribution in [3.8, 4) is 0 Å². The van der Waals surface area contributed by atoms with Crippen LogP contribution in [0.4, 0.5) is 10.1 Å². The maximum Gasteiger partial charge on any atom is 0.274 e. The summed E-state index contributed by atoms with van der Waals surface area (Å²) in [4.78, 5) is 21.1. The van der Waals surface area contributed by atoms with Gasteiger partial charge in [0.05, 0.1) is 5.54 Å². The van der Waals surface area contributed by atoms with E-state index in [1.807, 2.05) is 0 Å². The largest absolute Gasteiger partial charge is 0.379 e. The van der Waals surface area contributed by atoms with Crippen LogP contribution in [0.15, 0.2) is 47.6 Å². The van der Waals surface area contributed by atoms with E-state index in [1.165, 1.54) is 17.8 Å². The highest BCUT2D eigenvalue weighted by Gasteiger charge is 2.48. The van der Waals surface area contributed by atoms with Gasteiger partial charge in [-0.2, -0.15) is 0 Å². The van der Waals surface area contributed by atoms with Gasteiger partial charge in [-0.15, -0.1) is 0 Å². The quantitative estimate of drug-likeness (QED) is 0.866. The summed E-state index contributed by atoms with van der Waals surface area (Å²) in [5.41, 5.74) is 6.71. The molecule has 1 aromatic carbocycles. The number of pyridine rings is 1. The molecule has 3 N–H and O–H groups in total. The molecule has 2 aliphatic rings. The lowest BCUT2D eigenvalue weighted by Crippen LogP contribution is -2.37. The van der Waals surface area contributed by atoms with Crippen LogP contribution >= 0.6 is 11.8 Å². The number of benzene rings is 1. The van der Waals surface area contributed by atoms with Crippen LogP contribution in [0.5, 0.6) is 0 Å². The fourth-order valence-corrected chi connectivity index (χ4v) is 4.93. The average Bonchev–Trinajstić information content (AvgIpc) is 3.07. The van der Waals surface area contributed by atoms with Gasteiger partial charge in [0, 0.05) is 23.2 Å². The fourth-order valence-electron chi connectivity index (χ4n) is 3.89. The second-order valence-electron chi connectivity index (χ2n) is 6.64. The molecule has 7 heteroatoms. The van der Waals surface area contributed by atoms with E-state index in [1.54, 1.807) is 36.5 Å². The number of aromatic nitrogens is 1. The molecule has 0 spiro atoms. The van der Waals surface area contributed by atoms with Gasteiger partial charge in [-0.05, 0) is 49.1 Å². The van der Waals surface area contributed by atoms with Crippen molar-refractivity contribution in [3.63, 3.8) is 0 Å². The predicted molar refractivity (Wildman–Crippen MR) is 102 cm³/mol. The van der Waals surface area contributed by atoms with E-state index in [0.29, 0.717) is 22.1 Å². The number of carbonyl (C=O) groups is 1. The lowest BCUT2D eigenvalue weighted by molar-refractivity contribution is 0.102. The second kappa shape index (κ2) is 6.72. The normalized spacial score (nSPS) is 24.7. The smallest absolute Gasteiger partial charge is 0.274 e. The monoisotopic (exact) mass is 370 g/mol. The van der Waals surface area contributed by atoms with Gasteiger partial charge in [-0.1, -0.05) is 24.2 Å². The number of hydrogen-bond donors (Lipinski definition) is 2. The molecule has 134 valence electrons. The molecule has 1 aliphatic heterocycles. The zero-order chi connectivity index (χ0) is 18.1. The predicted octanol–water partition coefficient (Wildman–Crippen LogP) is 3.53. The fraction of sp³-hybridized carbons (Fsp3) is 0.316. The maximum atomic E-state index is 14.7. The lowest BCUT2D eigenvalue weighted by Gasteiger charge is -2.36. The van der Waals surface area contributed by atoms with E-state index in [-0.39, 0.29) is 17.6 Å². The van der Waals surface area contributed by atoms with Gasteiger partial charge in [0.2, 0.25) is 0 Å². The molecule has 2 atom stereocenters. The minimum absolute atomic E-state index is 0.260. The van der Waals surface area contributed by atoms with Crippen LogP contribution in [-0.2, 0) is 5.54 Å². The Morgan fingerprint density at radius 3 is 3.04 bits per heavy atom. The maximum absolute atomic E-state index is 14.7. The van der Waals surface area contributed by atoms with Crippen molar-refractivity contribution in [1.29, 1.82) is 0 Å². The molecule has 2 unspecified atom stereocenters. The standard InChI is InChI=1S/C19H19FN4OS/c20-15-7-6-13(23-17(25)16-5-1-2-9-22-16)10-14(15)19-8-3-4-12(19)11-26-18(21)24-19/h1-2,5-7,9-10,12H,3-4,8,11H2,(H2,21,24)(H,23,25). The van der Waals surface area contributed by atoms with Gasteiger partial charge in [0.15, 0.2) is 5.17 Å². The van der Waals surface area contributed by atoms with Crippen molar-refractivity contribution < 1.29 is 9.18 Å². The Morgan fingerprint density at radius 2 is 2.23 bits per heavy atom. The molecule has 2 heterocycles. The first-order valence-electron chi connectivity index (χ1n) is 8.59. The van der Waals surface area contributed by atoms with Crippen LogP contribution in [0.2, 0.25) is 0 Å². The SMILES string of the molecule is NC1=NC2(c3cc(NC(=O)c4ccccn4)ccc3F)CCCC2CS1. The van der Waals surface area contributed by atoms with E-state index in [9.17, 15) is 9.18 Å². The van der Waals surface area contributed by atoms with E-state index in [0.717, 1.165) is 25.0 Å². The highest BCUT2D eigenvalue weighted by atomic mass is 32.2. The minimum atomic E-state index is -0.620. The lowest BCUT2D eigenvalue weighted by atomic mass is 9.81. The number of aliphatic imine (C=N–C) groups is 1. The van der Waals surface area contributed by atoms with Gasteiger partial charge in [-0.3, -0.25) is 14.8 Å². The van der Waals surface area contributed by atoms with Crippen molar-refractivity contribution in [2.24, 2.45) is 16.6 Å². The molecule has 0 bridgehead atoms. The number of hydrogen-bond acceptors (Lipinski definition) is 5. The number of anilines is 1. The number of amides is 1.